The molecule has 0 aromatic heterocycles. The Labute approximate surface area is 281 Å². The van der Waals surface area contributed by atoms with Gasteiger partial charge in [-0.2, -0.15) is 0 Å². The van der Waals surface area contributed by atoms with Crippen LogP contribution in [0.2, 0.25) is 10.0 Å². The van der Waals surface area contributed by atoms with Crippen molar-refractivity contribution in [1.29, 1.82) is 0 Å². The van der Waals surface area contributed by atoms with Crippen molar-refractivity contribution in [3.8, 4) is 11.5 Å². The zero-order chi connectivity index (χ0) is 31.4. The molecule has 4 aromatic carbocycles. The number of ether oxygens (including phenoxy) is 2. The van der Waals surface area contributed by atoms with Gasteiger partial charge in [-0.3, -0.25) is 14.5 Å². The predicted octanol–water partition coefficient (Wildman–Crippen LogP) is 9.53. The number of thiocarbonyl (C=S) groups is 1. The molecule has 0 spiro atoms. The van der Waals surface area contributed by atoms with Crippen LogP contribution in [0.25, 0.3) is 6.08 Å². The predicted molar refractivity (Wildman–Crippen MR) is 183 cm³/mol. The van der Waals surface area contributed by atoms with E-state index >= 15 is 0 Å². The summed E-state index contributed by atoms with van der Waals surface area (Å²) in [5, 5.41) is 3.74. The summed E-state index contributed by atoms with van der Waals surface area (Å²) in [6.45, 7) is 2.44. The number of hydrogen-bond donors (Lipinski definition) is 1. The van der Waals surface area contributed by atoms with Crippen molar-refractivity contribution >= 4 is 96.7 Å². The number of nitrogens with one attached hydrogen (secondary N) is 1. The van der Waals surface area contributed by atoms with Crippen molar-refractivity contribution in [1.82, 2.24) is 0 Å². The number of nitrogens with zero attached hydrogens (tertiary/aromatic N) is 1. The fourth-order valence-corrected chi connectivity index (χ4v) is 6.56. The van der Waals surface area contributed by atoms with Crippen LogP contribution in [0.1, 0.15) is 28.4 Å². The number of amides is 2. The molecule has 224 valence electrons. The molecular formula is C32H22BrCl2FN2O4S2. The topological polar surface area (TPSA) is 67.9 Å². The standard InChI is InChI=1S/C32H22BrCl2FN2O4S2/c1-2-41-27-13-18(12-25(33)29(27)42-17-20-6-7-21(34)16-26(20)35)14-28-31(40)38(32(43)44-28)24-5-3-4-19(15-24)30(39)37-23-10-8-22(36)9-11-23/h3-16H,2,17H2,1H3,(H,37,39)/b28-14+. The first kappa shape index (κ1) is 32.0. The molecular weight excluding hydrogens is 710 g/mol. The van der Waals surface area contributed by atoms with Crippen molar-refractivity contribution in [2.24, 2.45) is 0 Å². The smallest absolute Gasteiger partial charge is 0.270 e. The second kappa shape index (κ2) is 14.1. The van der Waals surface area contributed by atoms with E-state index in [9.17, 15) is 14.0 Å². The van der Waals surface area contributed by atoms with Crippen LogP contribution in [0.5, 0.6) is 11.5 Å². The van der Waals surface area contributed by atoms with Gasteiger partial charge >= 0.3 is 0 Å². The molecule has 0 atom stereocenters. The Balaban J connectivity index is 1.36. The van der Waals surface area contributed by atoms with Gasteiger partial charge in [-0.1, -0.05) is 59.3 Å². The number of halogens is 4. The summed E-state index contributed by atoms with van der Waals surface area (Å²) in [5.74, 6) is -0.180. The molecule has 4 aromatic rings. The van der Waals surface area contributed by atoms with Gasteiger partial charge in [0.15, 0.2) is 15.8 Å². The van der Waals surface area contributed by atoms with E-state index in [-0.39, 0.29) is 12.5 Å². The van der Waals surface area contributed by atoms with E-state index in [0.717, 1.165) is 17.3 Å². The highest BCUT2D eigenvalue weighted by Gasteiger charge is 2.33. The van der Waals surface area contributed by atoms with Crippen molar-refractivity contribution in [3.63, 3.8) is 0 Å². The van der Waals surface area contributed by atoms with E-state index in [1.54, 1.807) is 54.6 Å². The lowest BCUT2D eigenvalue weighted by Gasteiger charge is -2.16. The molecule has 0 unspecified atom stereocenters. The zero-order valence-corrected chi connectivity index (χ0v) is 27.6. The van der Waals surface area contributed by atoms with Crippen LogP contribution in [0.4, 0.5) is 15.8 Å². The Morgan fingerprint density at radius 3 is 2.57 bits per heavy atom. The molecule has 0 bridgehead atoms. The summed E-state index contributed by atoms with van der Waals surface area (Å²) < 4.78 is 26.1. The number of thioether (sulfide) groups is 1. The highest BCUT2D eigenvalue weighted by atomic mass is 79.9. The fraction of sp³-hybridized carbons (Fsp3) is 0.0938. The van der Waals surface area contributed by atoms with Gasteiger partial charge in [-0.25, -0.2) is 4.39 Å². The van der Waals surface area contributed by atoms with Crippen LogP contribution in [-0.2, 0) is 11.4 Å². The number of carbonyl (C=O) groups is 2. The summed E-state index contributed by atoms with van der Waals surface area (Å²) in [7, 11) is 0. The second-order valence-electron chi connectivity index (χ2n) is 9.32. The van der Waals surface area contributed by atoms with Gasteiger partial charge in [-0.15, -0.1) is 0 Å². The molecule has 1 fully saturated rings. The normalized spacial score (nSPS) is 13.8. The molecule has 1 saturated heterocycles. The third-order valence-electron chi connectivity index (χ3n) is 6.28. The van der Waals surface area contributed by atoms with Gasteiger partial charge in [0.2, 0.25) is 0 Å². The Hall–Kier alpha value is -3.41. The summed E-state index contributed by atoms with van der Waals surface area (Å²) >= 11 is 22.6. The lowest BCUT2D eigenvalue weighted by molar-refractivity contribution is -0.113. The molecule has 6 nitrogen and oxygen atoms in total. The largest absolute Gasteiger partial charge is 0.490 e. The van der Waals surface area contributed by atoms with Crippen molar-refractivity contribution in [3.05, 3.63) is 121 Å². The van der Waals surface area contributed by atoms with Gasteiger partial charge in [0.25, 0.3) is 11.8 Å². The van der Waals surface area contributed by atoms with E-state index in [1.165, 1.54) is 29.2 Å². The first-order valence-electron chi connectivity index (χ1n) is 13.1. The molecule has 1 aliphatic rings. The SMILES string of the molecule is CCOc1cc(/C=C2/SC(=S)N(c3cccc(C(=O)Nc4ccc(F)cc4)c3)C2=O)cc(Br)c1OCc1ccc(Cl)cc1Cl. The average molecular weight is 732 g/mol. The minimum absolute atomic E-state index is 0.188. The van der Waals surface area contributed by atoms with E-state index in [0.29, 0.717) is 64.4 Å². The molecule has 1 N–H and O–H groups in total. The number of hydrogen-bond acceptors (Lipinski definition) is 6. The number of carbonyl (C=O) groups excluding carboxylic acids is 2. The molecule has 44 heavy (non-hydrogen) atoms. The lowest BCUT2D eigenvalue weighted by Crippen LogP contribution is -2.27. The van der Waals surface area contributed by atoms with E-state index < -0.39 is 11.7 Å². The lowest BCUT2D eigenvalue weighted by atomic mass is 10.1. The summed E-state index contributed by atoms with van der Waals surface area (Å²) in [6.07, 6.45) is 1.72. The van der Waals surface area contributed by atoms with Crippen molar-refractivity contribution in [2.45, 2.75) is 13.5 Å². The average Bonchev–Trinajstić information content (AvgIpc) is 3.26. The van der Waals surface area contributed by atoms with Crippen LogP contribution in [0, 0.1) is 5.82 Å². The second-order valence-corrected chi connectivity index (χ2v) is 12.7. The quantitative estimate of drug-likeness (QED) is 0.137. The van der Waals surface area contributed by atoms with E-state index in [4.69, 9.17) is 44.9 Å². The molecule has 0 aliphatic carbocycles. The molecule has 5 rings (SSSR count). The molecule has 1 heterocycles. The first-order chi connectivity index (χ1) is 21.1. The highest BCUT2D eigenvalue weighted by molar-refractivity contribution is 9.10. The van der Waals surface area contributed by atoms with Gasteiger partial charge in [-0.05, 0) is 101 Å². The van der Waals surface area contributed by atoms with Gasteiger partial charge in [0.05, 0.1) is 21.7 Å². The maximum Gasteiger partial charge on any atom is 0.270 e. The minimum Gasteiger partial charge on any atom is -0.490 e. The molecule has 2 amide bonds. The number of anilines is 2. The number of rotatable bonds is 9. The Bertz CT molecular complexity index is 1800. The third-order valence-corrected chi connectivity index (χ3v) is 8.76. The number of benzene rings is 4. The first-order valence-corrected chi connectivity index (χ1v) is 15.9. The van der Waals surface area contributed by atoms with Gasteiger partial charge in [0, 0.05) is 26.9 Å². The molecule has 12 heteroatoms. The zero-order valence-electron chi connectivity index (χ0n) is 22.9. The van der Waals surface area contributed by atoms with Crippen LogP contribution >= 0.6 is 63.1 Å². The Morgan fingerprint density at radius 1 is 1.07 bits per heavy atom. The van der Waals surface area contributed by atoms with Gasteiger partial charge < -0.3 is 14.8 Å². The van der Waals surface area contributed by atoms with E-state index in [1.807, 2.05) is 13.0 Å². The maximum absolute atomic E-state index is 13.5. The Morgan fingerprint density at radius 2 is 1.84 bits per heavy atom. The minimum atomic E-state index is -0.409. The molecule has 1 aliphatic heterocycles. The third kappa shape index (κ3) is 7.44. The summed E-state index contributed by atoms with van der Waals surface area (Å²) in [4.78, 5) is 28.1. The van der Waals surface area contributed by atoms with E-state index in [2.05, 4.69) is 21.2 Å². The molecule has 0 radical (unpaired) electrons. The summed E-state index contributed by atoms with van der Waals surface area (Å²) in [5.41, 5.74) is 2.65. The maximum atomic E-state index is 13.5. The van der Waals surface area contributed by atoms with Crippen LogP contribution in [0.3, 0.4) is 0 Å². The van der Waals surface area contributed by atoms with Crippen molar-refractivity contribution in [2.75, 3.05) is 16.8 Å². The molecule has 0 saturated carbocycles. The monoisotopic (exact) mass is 730 g/mol. The van der Waals surface area contributed by atoms with Crippen molar-refractivity contribution < 1.29 is 23.5 Å². The fourth-order valence-electron chi connectivity index (χ4n) is 4.23. The summed E-state index contributed by atoms with van der Waals surface area (Å²) in [6, 6.07) is 20.8. The van der Waals surface area contributed by atoms with Gasteiger partial charge in [0.1, 0.15) is 12.4 Å². The van der Waals surface area contributed by atoms with Crippen LogP contribution in [0.15, 0.2) is 88.2 Å². The highest BCUT2D eigenvalue weighted by Crippen LogP contribution is 2.41. The Kier molecular flexibility index (Phi) is 10.3. The van der Waals surface area contributed by atoms with Crippen LogP contribution < -0.4 is 19.7 Å². The van der Waals surface area contributed by atoms with Crippen LogP contribution in [-0.4, -0.2) is 22.7 Å².